The lowest BCUT2D eigenvalue weighted by molar-refractivity contribution is -0.148. The van der Waals surface area contributed by atoms with Crippen molar-refractivity contribution in [1.29, 1.82) is 0 Å². The molecule has 2 aromatic carbocycles. The molecule has 1 heterocycles. The summed E-state index contributed by atoms with van der Waals surface area (Å²) in [5, 5.41) is 3.56. The van der Waals surface area contributed by atoms with E-state index in [1.54, 1.807) is 23.8 Å². The predicted octanol–water partition coefficient (Wildman–Crippen LogP) is 3.69. The normalized spacial score (nSPS) is 16.2. The molecule has 0 spiro atoms. The molecular formula is C20H21F3N2O4S2. The number of fused-ring (bicyclic) bond motifs is 1. The molecule has 31 heavy (non-hydrogen) atoms. The largest absolute Gasteiger partial charge is 0.406 e. The molecule has 0 bridgehead atoms. The SMILES string of the molecule is Cc1cc(C)c(S(=O)(=O)NC(CNc2ccc3c(c2)C=CS3(=O)=O)C(F)(F)F)c(C)c1. The first-order chi connectivity index (χ1) is 14.2. The fraction of sp³-hybridized carbons (Fsp3) is 0.300. The van der Waals surface area contributed by atoms with Crippen molar-refractivity contribution >= 4 is 31.6 Å². The highest BCUT2D eigenvalue weighted by Gasteiger charge is 2.42. The predicted molar refractivity (Wildman–Crippen MR) is 112 cm³/mol. The Morgan fingerprint density at radius 1 is 1.03 bits per heavy atom. The zero-order chi connectivity index (χ0) is 23.2. The van der Waals surface area contributed by atoms with Crippen molar-refractivity contribution in [3.05, 3.63) is 58.0 Å². The van der Waals surface area contributed by atoms with Crippen LogP contribution in [0.2, 0.25) is 0 Å². The van der Waals surface area contributed by atoms with E-state index in [1.165, 1.54) is 38.1 Å². The van der Waals surface area contributed by atoms with Gasteiger partial charge in [-0.1, -0.05) is 17.7 Å². The van der Waals surface area contributed by atoms with Crippen molar-refractivity contribution in [3.8, 4) is 0 Å². The van der Waals surface area contributed by atoms with E-state index in [0.29, 0.717) is 16.7 Å². The summed E-state index contributed by atoms with van der Waals surface area (Å²) in [4.78, 5) is -0.114. The lowest BCUT2D eigenvalue weighted by Gasteiger charge is -2.23. The average molecular weight is 475 g/mol. The molecule has 0 saturated heterocycles. The van der Waals surface area contributed by atoms with Gasteiger partial charge in [0.1, 0.15) is 6.04 Å². The molecule has 0 amide bonds. The van der Waals surface area contributed by atoms with E-state index in [4.69, 9.17) is 0 Å². The highest BCUT2D eigenvalue weighted by atomic mass is 32.2. The van der Waals surface area contributed by atoms with E-state index in [9.17, 15) is 30.0 Å². The second-order valence-corrected chi connectivity index (χ2v) is 10.9. The van der Waals surface area contributed by atoms with Crippen LogP contribution < -0.4 is 10.0 Å². The monoisotopic (exact) mass is 474 g/mol. The van der Waals surface area contributed by atoms with Crippen LogP contribution in [0.15, 0.2) is 45.5 Å². The van der Waals surface area contributed by atoms with Crippen molar-refractivity contribution in [2.24, 2.45) is 0 Å². The Bertz CT molecular complexity index is 1240. The average Bonchev–Trinajstić information content (AvgIpc) is 2.91. The summed E-state index contributed by atoms with van der Waals surface area (Å²) in [5.41, 5.74) is 2.09. The second kappa shape index (κ2) is 7.95. The van der Waals surface area contributed by atoms with Crippen LogP contribution in [-0.2, 0) is 19.9 Å². The van der Waals surface area contributed by atoms with Gasteiger partial charge in [0.05, 0.1) is 9.79 Å². The second-order valence-electron chi connectivity index (χ2n) is 7.42. The van der Waals surface area contributed by atoms with Gasteiger partial charge in [0.15, 0.2) is 9.84 Å². The lowest BCUT2D eigenvalue weighted by atomic mass is 10.1. The molecule has 1 unspecified atom stereocenters. The van der Waals surface area contributed by atoms with Crippen molar-refractivity contribution in [2.75, 3.05) is 11.9 Å². The third kappa shape index (κ3) is 4.94. The van der Waals surface area contributed by atoms with Crippen LogP contribution in [0.1, 0.15) is 22.3 Å². The minimum atomic E-state index is -4.85. The zero-order valence-electron chi connectivity index (χ0n) is 16.9. The zero-order valence-corrected chi connectivity index (χ0v) is 18.5. The Labute approximate surface area is 179 Å². The van der Waals surface area contributed by atoms with E-state index in [-0.39, 0.29) is 15.5 Å². The van der Waals surface area contributed by atoms with Crippen LogP contribution in [0.25, 0.3) is 6.08 Å². The molecule has 1 aliphatic rings. The molecule has 3 rings (SSSR count). The summed E-state index contributed by atoms with van der Waals surface area (Å²) in [5.74, 6) is 0. The summed E-state index contributed by atoms with van der Waals surface area (Å²) >= 11 is 0. The fourth-order valence-corrected chi connectivity index (χ4v) is 6.43. The maximum Gasteiger partial charge on any atom is 0.406 e. The molecule has 168 valence electrons. The maximum atomic E-state index is 13.6. The van der Waals surface area contributed by atoms with Gasteiger partial charge in [-0.05, 0) is 61.7 Å². The number of benzene rings is 2. The summed E-state index contributed by atoms with van der Waals surface area (Å²) in [6, 6.07) is 4.80. The van der Waals surface area contributed by atoms with Crippen LogP contribution in [0.4, 0.5) is 18.9 Å². The summed E-state index contributed by atoms with van der Waals surface area (Å²) in [7, 11) is -7.97. The van der Waals surface area contributed by atoms with E-state index in [0.717, 1.165) is 11.0 Å². The highest BCUT2D eigenvalue weighted by Crippen LogP contribution is 2.30. The first-order valence-corrected chi connectivity index (χ1v) is 12.2. The van der Waals surface area contributed by atoms with Gasteiger partial charge in [-0.15, -0.1) is 0 Å². The number of sulfone groups is 1. The number of hydrogen-bond acceptors (Lipinski definition) is 5. The van der Waals surface area contributed by atoms with Gasteiger partial charge in [-0.25, -0.2) is 16.8 Å². The van der Waals surface area contributed by atoms with Crippen LogP contribution >= 0.6 is 0 Å². The number of sulfonamides is 1. The first-order valence-electron chi connectivity index (χ1n) is 9.19. The van der Waals surface area contributed by atoms with Crippen molar-refractivity contribution in [1.82, 2.24) is 4.72 Å². The standard InChI is InChI=1S/C20H21F3N2O4S2/c1-12-8-13(2)19(14(3)9-12)31(28,29)25-18(20(21,22)23)11-24-16-4-5-17-15(10-16)6-7-30(17,26)27/h4-10,18,24-25H,11H2,1-3H3. The molecular weight excluding hydrogens is 453 g/mol. The summed E-state index contributed by atoms with van der Waals surface area (Å²) in [6.07, 6.45) is -3.50. The van der Waals surface area contributed by atoms with Crippen LogP contribution in [0.5, 0.6) is 0 Å². The molecule has 0 aliphatic carbocycles. The van der Waals surface area contributed by atoms with E-state index < -0.39 is 38.6 Å². The molecule has 11 heteroatoms. The Balaban J connectivity index is 1.84. The lowest BCUT2D eigenvalue weighted by Crippen LogP contribution is -2.49. The van der Waals surface area contributed by atoms with Crippen LogP contribution in [-0.4, -0.2) is 35.6 Å². The first kappa shape index (κ1) is 23.3. The Kier molecular flexibility index (Phi) is 5.98. The fourth-order valence-electron chi connectivity index (χ4n) is 3.56. The minimum absolute atomic E-state index is 0.0662. The highest BCUT2D eigenvalue weighted by molar-refractivity contribution is 7.94. The molecule has 6 nitrogen and oxygen atoms in total. The smallest absolute Gasteiger partial charge is 0.383 e. The molecule has 0 aromatic heterocycles. The van der Waals surface area contributed by atoms with Gasteiger partial charge >= 0.3 is 6.18 Å². The Morgan fingerprint density at radius 3 is 2.23 bits per heavy atom. The number of rotatable bonds is 6. The number of alkyl halides is 3. The van der Waals surface area contributed by atoms with E-state index >= 15 is 0 Å². The number of halogens is 3. The molecule has 2 aromatic rings. The maximum absolute atomic E-state index is 13.6. The van der Waals surface area contributed by atoms with Crippen molar-refractivity contribution < 1.29 is 30.0 Å². The third-order valence-corrected chi connectivity index (χ3v) is 8.07. The van der Waals surface area contributed by atoms with Crippen LogP contribution in [0.3, 0.4) is 0 Å². The van der Waals surface area contributed by atoms with Gasteiger partial charge in [0.2, 0.25) is 10.0 Å². The van der Waals surface area contributed by atoms with Gasteiger partial charge in [-0.2, -0.15) is 17.9 Å². The number of hydrogen-bond donors (Lipinski definition) is 2. The van der Waals surface area contributed by atoms with E-state index in [1.807, 2.05) is 0 Å². The number of aryl methyl sites for hydroxylation is 3. The molecule has 0 saturated carbocycles. The van der Waals surface area contributed by atoms with Gasteiger partial charge in [0.25, 0.3) is 0 Å². The quantitative estimate of drug-likeness (QED) is 0.666. The third-order valence-electron chi connectivity index (χ3n) is 4.82. The van der Waals surface area contributed by atoms with Crippen molar-refractivity contribution in [3.63, 3.8) is 0 Å². The topological polar surface area (TPSA) is 92.3 Å². The Morgan fingerprint density at radius 2 is 1.65 bits per heavy atom. The van der Waals surface area contributed by atoms with Crippen LogP contribution in [0, 0.1) is 20.8 Å². The number of anilines is 1. The molecule has 0 radical (unpaired) electrons. The number of nitrogens with one attached hydrogen (secondary N) is 2. The van der Waals surface area contributed by atoms with Gasteiger partial charge in [0, 0.05) is 17.6 Å². The molecule has 2 N–H and O–H groups in total. The summed E-state index contributed by atoms with van der Waals surface area (Å²) < 4.78 is 91.7. The van der Waals surface area contributed by atoms with Crippen molar-refractivity contribution in [2.45, 2.75) is 42.8 Å². The molecule has 1 atom stereocenters. The minimum Gasteiger partial charge on any atom is -0.383 e. The summed E-state index contributed by atoms with van der Waals surface area (Å²) in [6.45, 7) is 4.05. The Hall–Kier alpha value is -2.37. The molecule has 1 aliphatic heterocycles. The van der Waals surface area contributed by atoms with Gasteiger partial charge in [-0.3, -0.25) is 0 Å². The van der Waals surface area contributed by atoms with E-state index in [2.05, 4.69) is 5.32 Å². The van der Waals surface area contributed by atoms with Gasteiger partial charge < -0.3 is 5.32 Å². The molecule has 0 fully saturated rings.